The molecule has 0 aliphatic heterocycles. The molecule has 2 amide bonds. The minimum atomic E-state index is -1.72. The van der Waals surface area contributed by atoms with Gasteiger partial charge in [0, 0.05) is 4.90 Å². The third-order valence-electron chi connectivity index (χ3n) is 3.22. The molecule has 148 valence electrons. The van der Waals surface area contributed by atoms with Crippen LogP contribution in [-0.2, 0) is 19.1 Å². The molecule has 0 unspecified atom stereocenters. The zero-order valence-corrected chi connectivity index (χ0v) is 15.2. The second-order valence-electron chi connectivity index (χ2n) is 5.31. The summed E-state index contributed by atoms with van der Waals surface area (Å²) in [5.41, 5.74) is -0.567. The summed E-state index contributed by atoms with van der Waals surface area (Å²) in [4.78, 5) is 35.7. The smallest absolute Gasteiger partial charge is 0.316 e. The van der Waals surface area contributed by atoms with E-state index >= 15 is 0 Å². The number of halogens is 3. The second-order valence-corrected chi connectivity index (χ2v) is 6.36. The van der Waals surface area contributed by atoms with E-state index in [2.05, 4.69) is 5.32 Å². The number of thioether (sulfide) groups is 1. The van der Waals surface area contributed by atoms with Crippen LogP contribution in [0.2, 0.25) is 0 Å². The minimum absolute atomic E-state index is 0.00713. The van der Waals surface area contributed by atoms with E-state index in [9.17, 15) is 27.6 Å². The molecule has 0 bridgehead atoms. The lowest BCUT2D eigenvalue weighted by Crippen LogP contribution is -2.35. The van der Waals surface area contributed by atoms with Crippen molar-refractivity contribution in [1.29, 1.82) is 0 Å². The zero-order chi connectivity index (χ0) is 20.5. The molecule has 28 heavy (non-hydrogen) atoms. The maximum atomic E-state index is 13.4. The van der Waals surface area contributed by atoms with Crippen molar-refractivity contribution in [2.24, 2.45) is 0 Å². The second kappa shape index (κ2) is 10.4. The molecule has 0 atom stereocenters. The van der Waals surface area contributed by atoms with E-state index in [1.54, 1.807) is 0 Å². The predicted molar refractivity (Wildman–Crippen MR) is 96.1 cm³/mol. The van der Waals surface area contributed by atoms with Crippen LogP contribution in [0.25, 0.3) is 0 Å². The van der Waals surface area contributed by atoms with Crippen molar-refractivity contribution in [3.8, 4) is 0 Å². The summed E-state index contributed by atoms with van der Waals surface area (Å²) in [5.74, 6) is -6.89. The first-order valence-corrected chi connectivity index (χ1v) is 8.89. The Morgan fingerprint density at radius 2 is 1.64 bits per heavy atom. The van der Waals surface area contributed by atoms with Crippen LogP contribution < -0.4 is 10.6 Å². The van der Waals surface area contributed by atoms with E-state index in [1.807, 2.05) is 35.6 Å². The summed E-state index contributed by atoms with van der Waals surface area (Å²) in [6.45, 7) is -1.17. The van der Waals surface area contributed by atoms with Crippen LogP contribution >= 0.6 is 11.8 Å². The van der Waals surface area contributed by atoms with Gasteiger partial charge < -0.3 is 15.4 Å². The van der Waals surface area contributed by atoms with Crippen LogP contribution in [0.3, 0.4) is 0 Å². The fraction of sp³-hybridized carbons (Fsp3) is 0.167. The zero-order valence-electron chi connectivity index (χ0n) is 14.3. The Balaban J connectivity index is 1.68. The molecule has 2 rings (SSSR count). The maximum Gasteiger partial charge on any atom is 0.316 e. The first-order valence-electron chi connectivity index (χ1n) is 7.90. The van der Waals surface area contributed by atoms with E-state index in [4.69, 9.17) is 4.74 Å². The van der Waals surface area contributed by atoms with Crippen molar-refractivity contribution in [3.63, 3.8) is 0 Å². The number of nitrogens with one attached hydrogen (secondary N) is 2. The Kier molecular flexibility index (Phi) is 7.88. The van der Waals surface area contributed by atoms with Gasteiger partial charge in [0.05, 0.1) is 18.0 Å². The van der Waals surface area contributed by atoms with Crippen LogP contribution in [0.4, 0.5) is 18.9 Å². The Morgan fingerprint density at radius 1 is 0.929 bits per heavy atom. The molecule has 10 heteroatoms. The topological polar surface area (TPSA) is 84.5 Å². The quantitative estimate of drug-likeness (QED) is 0.395. The van der Waals surface area contributed by atoms with Crippen molar-refractivity contribution in [2.75, 3.05) is 24.2 Å². The van der Waals surface area contributed by atoms with Crippen LogP contribution in [0.15, 0.2) is 47.4 Å². The van der Waals surface area contributed by atoms with Gasteiger partial charge in [-0.3, -0.25) is 14.4 Å². The number of amides is 2. The molecule has 0 aromatic heterocycles. The number of ether oxygens (including phenoxy) is 1. The van der Waals surface area contributed by atoms with Crippen molar-refractivity contribution in [1.82, 2.24) is 5.32 Å². The molecule has 2 N–H and O–H groups in total. The number of anilines is 1. The van der Waals surface area contributed by atoms with E-state index in [0.29, 0.717) is 6.07 Å². The molecule has 6 nitrogen and oxygen atoms in total. The van der Waals surface area contributed by atoms with Crippen molar-refractivity contribution in [3.05, 3.63) is 59.9 Å². The van der Waals surface area contributed by atoms with Gasteiger partial charge in [-0.15, -0.1) is 11.8 Å². The summed E-state index contributed by atoms with van der Waals surface area (Å²) >= 11 is 1.24. The fourth-order valence-electron chi connectivity index (χ4n) is 1.89. The molecule has 2 aromatic rings. The van der Waals surface area contributed by atoms with Gasteiger partial charge in [0.15, 0.2) is 24.1 Å². The molecule has 0 aliphatic rings. The third kappa shape index (κ3) is 6.62. The highest BCUT2D eigenvalue weighted by molar-refractivity contribution is 8.00. The first kappa shape index (κ1) is 21.3. The highest BCUT2D eigenvalue weighted by Gasteiger charge is 2.16. The lowest BCUT2D eigenvalue weighted by Gasteiger charge is -2.09. The van der Waals surface area contributed by atoms with Crippen LogP contribution in [0.5, 0.6) is 0 Å². The molecule has 0 heterocycles. The third-order valence-corrected chi connectivity index (χ3v) is 4.21. The molecule has 2 aromatic carbocycles. The van der Waals surface area contributed by atoms with E-state index < -0.39 is 54.1 Å². The van der Waals surface area contributed by atoms with Gasteiger partial charge in [0.2, 0.25) is 5.91 Å². The predicted octanol–water partition coefficient (Wildman–Crippen LogP) is 2.49. The van der Waals surface area contributed by atoms with Gasteiger partial charge in [-0.2, -0.15) is 0 Å². The Morgan fingerprint density at radius 3 is 2.36 bits per heavy atom. The minimum Gasteiger partial charge on any atom is -0.455 e. The van der Waals surface area contributed by atoms with Crippen LogP contribution in [-0.4, -0.2) is 36.7 Å². The molecular formula is C18H15F3N2O4S. The maximum absolute atomic E-state index is 13.4. The van der Waals surface area contributed by atoms with Gasteiger partial charge in [-0.05, 0) is 24.3 Å². The number of rotatable bonds is 8. The first-order chi connectivity index (χ1) is 13.4. The highest BCUT2D eigenvalue weighted by atomic mass is 32.2. The Hall–Kier alpha value is -3.01. The Labute approximate surface area is 162 Å². The summed E-state index contributed by atoms with van der Waals surface area (Å²) in [5, 5.41) is 4.14. The summed E-state index contributed by atoms with van der Waals surface area (Å²) < 4.78 is 44.1. The molecule has 0 saturated heterocycles. The summed E-state index contributed by atoms with van der Waals surface area (Å²) in [6.07, 6.45) is 0. The summed E-state index contributed by atoms with van der Waals surface area (Å²) in [6, 6.07) is 10.6. The standard InChI is InChI=1S/C18H15F3N2O4S/c19-12-6-7-13(18(21)17(12)20)23-14(24)8-22-15(25)9-27-16(26)10-28-11-4-2-1-3-5-11/h1-7H,8-10H2,(H,22,25)(H,23,24). The van der Waals surface area contributed by atoms with E-state index in [0.717, 1.165) is 11.0 Å². The monoisotopic (exact) mass is 412 g/mol. The molecule has 0 fully saturated rings. The number of hydrogen-bond acceptors (Lipinski definition) is 5. The molecule has 0 saturated carbocycles. The molecule has 0 aliphatic carbocycles. The van der Waals surface area contributed by atoms with E-state index in [-0.39, 0.29) is 5.75 Å². The van der Waals surface area contributed by atoms with Gasteiger partial charge in [-0.25, -0.2) is 13.2 Å². The Bertz CT molecular complexity index is 865. The average Bonchev–Trinajstić information content (AvgIpc) is 2.70. The number of benzene rings is 2. The van der Waals surface area contributed by atoms with Crippen LogP contribution in [0, 0.1) is 17.5 Å². The summed E-state index contributed by atoms with van der Waals surface area (Å²) in [7, 11) is 0. The van der Waals surface area contributed by atoms with Crippen LogP contribution in [0.1, 0.15) is 0 Å². The average molecular weight is 412 g/mol. The molecule has 0 radical (unpaired) electrons. The SMILES string of the molecule is O=C(COC(=O)CSc1ccccc1)NCC(=O)Nc1ccc(F)c(F)c1F. The van der Waals surface area contributed by atoms with Gasteiger partial charge in [0.25, 0.3) is 5.91 Å². The van der Waals surface area contributed by atoms with Crippen molar-refractivity contribution >= 4 is 35.2 Å². The fourth-order valence-corrected chi connectivity index (χ4v) is 2.61. The normalized spacial score (nSPS) is 10.2. The van der Waals surface area contributed by atoms with Gasteiger partial charge in [-0.1, -0.05) is 18.2 Å². The van der Waals surface area contributed by atoms with Gasteiger partial charge >= 0.3 is 5.97 Å². The molecular weight excluding hydrogens is 397 g/mol. The van der Waals surface area contributed by atoms with Crippen molar-refractivity contribution in [2.45, 2.75) is 4.90 Å². The number of hydrogen-bond donors (Lipinski definition) is 2. The number of carbonyl (C=O) groups excluding carboxylic acids is 3. The highest BCUT2D eigenvalue weighted by Crippen LogP contribution is 2.19. The van der Waals surface area contributed by atoms with Gasteiger partial charge in [0.1, 0.15) is 0 Å². The largest absolute Gasteiger partial charge is 0.455 e. The number of esters is 1. The van der Waals surface area contributed by atoms with Crippen molar-refractivity contribution < 1.29 is 32.3 Å². The lowest BCUT2D eigenvalue weighted by molar-refractivity contribution is -0.146. The van der Waals surface area contributed by atoms with E-state index in [1.165, 1.54) is 11.8 Å². The molecule has 0 spiro atoms. The lowest BCUT2D eigenvalue weighted by atomic mass is 10.2. The number of carbonyl (C=O) groups is 3.